The molecule has 1 saturated heterocycles. The van der Waals surface area contributed by atoms with Gasteiger partial charge in [0.2, 0.25) is 11.8 Å². The number of anilines is 1. The highest BCUT2D eigenvalue weighted by molar-refractivity contribution is 8.04. The second-order valence-electron chi connectivity index (χ2n) is 7.05. The maximum Gasteiger partial charge on any atom is 0.244 e. The van der Waals surface area contributed by atoms with Crippen LogP contribution in [0.4, 0.5) is 5.69 Å². The van der Waals surface area contributed by atoms with Crippen molar-refractivity contribution >= 4 is 40.8 Å². The third-order valence-electron chi connectivity index (χ3n) is 3.76. The number of nitrogens with zero attached hydrogens (tertiary/aromatic N) is 1. The summed E-state index contributed by atoms with van der Waals surface area (Å²) >= 11 is 1.25. The van der Waals surface area contributed by atoms with E-state index in [2.05, 4.69) is 5.32 Å². The Morgan fingerprint density at radius 1 is 1.27 bits per heavy atom. The molecule has 138 valence electrons. The van der Waals surface area contributed by atoms with E-state index in [1.165, 1.54) is 29.7 Å². The molecule has 1 aromatic rings. The van der Waals surface area contributed by atoms with Gasteiger partial charge in [-0.3, -0.25) is 24.1 Å². The van der Waals surface area contributed by atoms with Gasteiger partial charge in [0, 0.05) is 22.7 Å². The van der Waals surface area contributed by atoms with Crippen LogP contribution in [0, 0.1) is 5.41 Å². The molecule has 7 heteroatoms. The Labute approximate surface area is 157 Å². The summed E-state index contributed by atoms with van der Waals surface area (Å²) < 4.78 is 0. The molecule has 1 aliphatic rings. The molecule has 0 aromatic heterocycles. The summed E-state index contributed by atoms with van der Waals surface area (Å²) in [5.74, 6) is -0.602. The van der Waals surface area contributed by atoms with Gasteiger partial charge in [-0.2, -0.15) is 0 Å². The molecule has 0 saturated carbocycles. The molecule has 0 atom stereocenters. The van der Waals surface area contributed by atoms with E-state index in [1.807, 2.05) is 0 Å². The first-order valence-corrected chi connectivity index (χ1v) is 9.16. The van der Waals surface area contributed by atoms with Crippen molar-refractivity contribution in [3.8, 4) is 0 Å². The van der Waals surface area contributed by atoms with Crippen molar-refractivity contribution in [1.29, 1.82) is 0 Å². The minimum absolute atomic E-state index is 0.0990. The van der Waals surface area contributed by atoms with Crippen molar-refractivity contribution in [2.24, 2.45) is 5.41 Å². The molecule has 1 aliphatic heterocycles. The molecule has 6 nitrogen and oxygen atoms in total. The predicted octanol–water partition coefficient (Wildman–Crippen LogP) is 2.86. The van der Waals surface area contributed by atoms with Gasteiger partial charge in [0.05, 0.1) is 10.8 Å². The fourth-order valence-corrected chi connectivity index (χ4v) is 3.13. The molecule has 1 fully saturated rings. The second-order valence-corrected chi connectivity index (χ2v) is 8.05. The Hall–Kier alpha value is -2.41. The van der Waals surface area contributed by atoms with Gasteiger partial charge >= 0.3 is 0 Å². The number of ketones is 2. The predicted molar refractivity (Wildman–Crippen MR) is 102 cm³/mol. The fourth-order valence-electron chi connectivity index (χ4n) is 2.19. The van der Waals surface area contributed by atoms with E-state index in [4.69, 9.17) is 0 Å². The van der Waals surface area contributed by atoms with Crippen LogP contribution in [0.1, 0.15) is 38.1 Å². The van der Waals surface area contributed by atoms with E-state index in [-0.39, 0.29) is 29.8 Å². The van der Waals surface area contributed by atoms with E-state index >= 15 is 0 Å². The van der Waals surface area contributed by atoms with Gasteiger partial charge in [0.25, 0.3) is 0 Å². The largest absolute Gasteiger partial charge is 0.325 e. The lowest BCUT2D eigenvalue weighted by Crippen LogP contribution is -2.34. The summed E-state index contributed by atoms with van der Waals surface area (Å²) in [6, 6.07) is 6.60. The summed E-state index contributed by atoms with van der Waals surface area (Å²) in [6.45, 7) is 6.66. The number of amides is 2. The highest BCUT2D eigenvalue weighted by Gasteiger charge is 2.30. The minimum atomic E-state index is -0.555. The maximum atomic E-state index is 12.3. The van der Waals surface area contributed by atoms with E-state index in [1.54, 1.807) is 45.0 Å². The number of carbonyl (C=O) groups excluding carboxylic acids is 4. The first kappa shape index (κ1) is 19.9. The number of thioether (sulfide) groups is 1. The Morgan fingerprint density at radius 2 is 1.96 bits per heavy atom. The molecule has 0 aliphatic carbocycles. The Bertz CT molecular complexity index is 793. The molecule has 0 spiro atoms. The molecule has 2 amide bonds. The van der Waals surface area contributed by atoms with Crippen LogP contribution >= 0.6 is 11.8 Å². The van der Waals surface area contributed by atoms with Crippen molar-refractivity contribution in [2.45, 2.75) is 27.7 Å². The van der Waals surface area contributed by atoms with Crippen LogP contribution in [0.25, 0.3) is 0 Å². The number of rotatable bonds is 5. The molecule has 1 heterocycles. The van der Waals surface area contributed by atoms with Crippen molar-refractivity contribution in [3.63, 3.8) is 0 Å². The van der Waals surface area contributed by atoms with Crippen LogP contribution in [0.3, 0.4) is 0 Å². The number of hydrogen-bond acceptors (Lipinski definition) is 5. The average Bonchev–Trinajstić information content (AvgIpc) is 2.87. The fraction of sp³-hybridized carbons (Fsp3) is 0.368. The maximum absolute atomic E-state index is 12.3. The van der Waals surface area contributed by atoms with Crippen LogP contribution in [0.5, 0.6) is 0 Å². The summed E-state index contributed by atoms with van der Waals surface area (Å²) in [7, 11) is 0. The van der Waals surface area contributed by atoms with Gasteiger partial charge in [-0.05, 0) is 19.1 Å². The smallest absolute Gasteiger partial charge is 0.244 e. The molecule has 0 unspecified atom stereocenters. The van der Waals surface area contributed by atoms with Crippen LogP contribution in [-0.4, -0.2) is 40.6 Å². The SMILES string of the molecule is CC(=O)c1cccc(NC(=O)CN2C(=O)CS/C2=C\C(=O)C(C)(C)C)c1. The van der Waals surface area contributed by atoms with Crippen molar-refractivity contribution < 1.29 is 19.2 Å². The van der Waals surface area contributed by atoms with Crippen molar-refractivity contribution in [3.05, 3.63) is 40.9 Å². The van der Waals surface area contributed by atoms with Crippen molar-refractivity contribution in [2.75, 3.05) is 17.6 Å². The summed E-state index contributed by atoms with van der Waals surface area (Å²) in [5, 5.41) is 3.17. The van der Waals surface area contributed by atoms with Gasteiger partial charge in [-0.1, -0.05) is 44.7 Å². The molecule has 0 bridgehead atoms. The second kappa shape index (κ2) is 7.86. The zero-order chi connectivity index (χ0) is 19.5. The quantitative estimate of drug-likeness (QED) is 0.633. The molecule has 1 aromatic carbocycles. The molecule has 2 rings (SSSR count). The summed E-state index contributed by atoms with van der Waals surface area (Å²) in [6.07, 6.45) is 1.43. The normalized spacial score (nSPS) is 16.1. The number of allylic oxidation sites excluding steroid dienone is 1. The number of benzene rings is 1. The van der Waals surface area contributed by atoms with Gasteiger partial charge in [0.15, 0.2) is 11.6 Å². The third kappa shape index (κ3) is 5.05. The molecule has 26 heavy (non-hydrogen) atoms. The van der Waals surface area contributed by atoms with E-state index in [0.29, 0.717) is 16.3 Å². The minimum Gasteiger partial charge on any atom is -0.325 e. The number of nitrogens with one attached hydrogen (secondary N) is 1. The zero-order valence-corrected chi connectivity index (χ0v) is 16.1. The van der Waals surface area contributed by atoms with Gasteiger partial charge in [-0.25, -0.2) is 0 Å². The lowest BCUT2D eigenvalue weighted by atomic mass is 9.91. The van der Waals surface area contributed by atoms with Crippen LogP contribution in [0.2, 0.25) is 0 Å². The first-order valence-electron chi connectivity index (χ1n) is 8.18. The zero-order valence-electron chi connectivity index (χ0n) is 15.3. The molecular formula is C19H22N2O4S. The lowest BCUT2D eigenvalue weighted by molar-refractivity contribution is -0.129. The number of carbonyl (C=O) groups is 4. The summed E-state index contributed by atoms with van der Waals surface area (Å²) in [4.78, 5) is 49.3. The lowest BCUT2D eigenvalue weighted by Gasteiger charge is -2.19. The van der Waals surface area contributed by atoms with Gasteiger partial charge in [0.1, 0.15) is 6.54 Å². The monoisotopic (exact) mass is 374 g/mol. The standard InChI is InChI=1S/C19H22N2O4S/c1-12(22)13-6-5-7-14(8-13)20-16(24)10-21-17(25)11-26-18(21)9-15(23)19(2,3)4/h5-9H,10-11H2,1-4H3,(H,20,24)/b18-9-. The number of Topliss-reactive ketones (excluding diaryl/α,β-unsaturated/α-hetero) is 1. The van der Waals surface area contributed by atoms with Gasteiger partial charge in [-0.15, -0.1) is 0 Å². The van der Waals surface area contributed by atoms with Gasteiger partial charge < -0.3 is 5.32 Å². The number of hydrogen-bond donors (Lipinski definition) is 1. The average molecular weight is 374 g/mol. The molecular weight excluding hydrogens is 352 g/mol. The Morgan fingerprint density at radius 3 is 2.58 bits per heavy atom. The highest BCUT2D eigenvalue weighted by atomic mass is 32.2. The Balaban J connectivity index is 2.10. The third-order valence-corrected chi connectivity index (χ3v) is 4.78. The van der Waals surface area contributed by atoms with Crippen molar-refractivity contribution in [1.82, 2.24) is 4.90 Å². The Kier molecular flexibility index (Phi) is 6.02. The topological polar surface area (TPSA) is 83.6 Å². The van der Waals surface area contributed by atoms with E-state index < -0.39 is 11.3 Å². The van der Waals surface area contributed by atoms with E-state index in [9.17, 15) is 19.2 Å². The van der Waals surface area contributed by atoms with Crippen LogP contribution in [-0.2, 0) is 14.4 Å². The highest BCUT2D eigenvalue weighted by Crippen LogP contribution is 2.30. The molecule has 0 radical (unpaired) electrons. The van der Waals surface area contributed by atoms with E-state index in [0.717, 1.165) is 0 Å². The van der Waals surface area contributed by atoms with Crippen LogP contribution in [0.15, 0.2) is 35.4 Å². The molecule has 1 N–H and O–H groups in total. The first-order chi connectivity index (χ1) is 12.1. The van der Waals surface area contributed by atoms with Crippen LogP contribution < -0.4 is 5.32 Å². The summed E-state index contributed by atoms with van der Waals surface area (Å²) in [5.41, 5.74) is 0.422.